The van der Waals surface area contributed by atoms with E-state index in [4.69, 9.17) is 4.74 Å². The Labute approximate surface area is 127 Å². The van der Waals surface area contributed by atoms with Crippen LogP contribution in [0.25, 0.3) is 0 Å². The second-order valence-corrected chi connectivity index (χ2v) is 5.89. The predicted octanol–water partition coefficient (Wildman–Crippen LogP) is 4.60. The number of hydrogen-bond donors (Lipinski definition) is 0. The smallest absolute Gasteiger partial charge is 0.159 e. The molecule has 0 bridgehead atoms. The minimum Gasteiger partial charge on any atom is -0.496 e. The summed E-state index contributed by atoms with van der Waals surface area (Å²) in [6.45, 7) is 8.15. The van der Waals surface area contributed by atoms with Crippen LogP contribution in [0.2, 0.25) is 0 Å². The minimum atomic E-state index is 0.267. The van der Waals surface area contributed by atoms with Gasteiger partial charge in [-0.3, -0.25) is 4.79 Å². The zero-order chi connectivity index (χ0) is 15.4. The first kappa shape index (κ1) is 15.6. The van der Waals surface area contributed by atoms with Crippen LogP contribution in [0.1, 0.15) is 50.2 Å². The lowest BCUT2D eigenvalue weighted by molar-refractivity contribution is -0.116. The van der Waals surface area contributed by atoms with E-state index in [2.05, 4.69) is 38.6 Å². The summed E-state index contributed by atoms with van der Waals surface area (Å²) >= 11 is 0. The first-order chi connectivity index (χ1) is 10.1. The minimum absolute atomic E-state index is 0.267. The van der Waals surface area contributed by atoms with Crippen molar-refractivity contribution in [1.82, 2.24) is 0 Å². The van der Waals surface area contributed by atoms with Crippen molar-refractivity contribution in [2.45, 2.75) is 45.4 Å². The summed E-state index contributed by atoms with van der Waals surface area (Å²) in [5.74, 6) is 1.60. The number of benzene rings is 1. The monoisotopic (exact) mass is 284 g/mol. The zero-order valence-electron chi connectivity index (χ0n) is 13.2. The Morgan fingerprint density at radius 2 is 2.10 bits per heavy atom. The quantitative estimate of drug-likeness (QED) is 0.790. The predicted molar refractivity (Wildman–Crippen MR) is 86.9 cm³/mol. The van der Waals surface area contributed by atoms with Crippen molar-refractivity contribution in [2.24, 2.45) is 0 Å². The summed E-state index contributed by atoms with van der Waals surface area (Å²) in [5, 5.41) is 0. The van der Waals surface area contributed by atoms with Gasteiger partial charge < -0.3 is 4.74 Å². The van der Waals surface area contributed by atoms with Gasteiger partial charge in [0.05, 0.1) is 7.11 Å². The Balaban J connectivity index is 2.33. The molecule has 0 saturated heterocycles. The van der Waals surface area contributed by atoms with E-state index in [1.807, 2.05) is 6.08 Å². The highest BCUT2D eigenvalue weighted by Crippen LogP contribution is 2.30. The molecule has 2 heteroatoms. The highest BCUT2D eigenvalue weighted by molar-refractivity contribution is 5.97. The standard InChI is InChI=1S/C19H24O2/c1-5-15-7-6-8-18(20)17(15)11-14-9-10-16(13(2)3)19(12-14)21-4/h5,9-10,12-13H,1,6-8,11H2,2-4H3. The summed E-state index contributed by atoms with van der Waals surface area (Å²) in [4.78, 5) is 12.2. The van der Waals surface area contributed by atoms with E-state index in [0.717, 1.165) is 35.3 Å². The van der Waals surface area contributed by atoms with E-state index < -0.39 is 0 Å². The molecule has 0 aliphatic heterocycles. The van der Waals surface area contributed by atoms with Crippen LogP contribution >= 0.6 is 0 Å². The first-order valence-electron chi connectivity index (χ1n) is 7.61. The Bertz CT molecular complexity index is 579. The van der Waals surface area contributed by atoms with E-state index in [1.54, 1.807) is 7.11 Å². The van der Waals surface area contributed by atoms with Crippen molar-refractivity contribution in [2.75, 3.05) is 7.11 Å². The molecule has 0 atom stereocenters. The van der Waals surface area contributed by atoms with Crippen LogP contribution < -0.4 is 4.74 Å². The molecule has 112 valence electrons. The van der Waals surface area contributed by atoms with Crippen LogP contribution in [0.15, 0.2) is 42.0 Å². The molecule has 1 aromatic rings. The fraction of sp³-hybridized carbons (Fsp3) is 0.421. The fourth-order valence-corrected chi connectivity index (χ4v) is 2.90. The summed E-state index contributed by atoms with van der Waals surface area (Å²) in [7, 11) is 1.70. The Kier molecular flexibility index (Phi) is 5.00. The second kappa shape index (κ2) is 6.75. The van der Waals surface area contributed by atoms with Crippen LogP contribution in [0.5, 0.6) is 5.75 Å². The Morgan fingerprint density at radius 1 is 1.33 bits per heavy atom. The van der Waals surface area contributed by atoms with Crippen LogP contribution in [0, 0.1) is 0 Å². The largest absolute Gasteiger partial charge is 0.496 e. The van der Waals surface area contributed by atoms with E-state index in [9.17, 15) is 4.79 Å². The van der Waals surface area contributed by atoms with Gasteiger partial charge in [0, 0.05) is 18.4 Å². The number of ketones is 1. The summed E-state index contributed by atoms with van der Waals surface area (Å²) < 4.78 is 5.50. The molecule has 2 rings (SSSR count). The van der Waals surface area contributed by atoms with Gasteiger partial charge >= 0.3 is 0 Å². The van der Waals surface area contributed by atoms with Crippen LogP contribution in [-0.2, 0) is 11.2 Å². The number of rotatable bonds is 5. The summed E-state index contributed by atoms with van der Waals surface area (Å²) in [6, 6.07) is 6.28. The normalized spacial score (nSPS) is 15.5. The number of ether oxygens (including phenoxy) is 1. The third-order valence-electron chi connectivity index (χ3n) is 4.12. The molecule has 1 aliphatic rings. The van der Waals surface area contributed by atoms with Crippen LogP contribution in [0.3, 0.4) is 0 Å². The van der Waals surface area contributed by atoms with Gasteiger partial charge in [-0.15, -0.1) is 0 Å². The maximum absolute atomic E-state index is 12.2. The molecule has 0 unspecified atom stereocenters. The number of Topliss-reactive ketones (excluding diaryl/α,β-unsaturated/α-hetero) is 1. The maximum Gasteiger partial charge on any atom is 0.159 e. The molecule has 0 fully saturated rings. The molecule has 0 heterocycles. The van der Waals surface area contributed by atoms with Crippen molar-refractivity contribution in [1.29, 1.82) is 0 Å². The third kappa shape index (κ3) is 3.44. The lowest BCUT2D eigenvalue weighted by atomic mass is 9.86. The van der Waals surface area contributed by atoms with Crippen molar-refractivity contribution in [3.63, 3.8) is 0 Å². The number of methoxy groups -OCH3 is 1. The Morgan fingerprint density at radius 3 is 2.71 bits per heavy atom. The van der Waals surface area contributed by atoms with Gasteiger partial charge in [-0.25, -0.2) is 0 Å². The summed E-state index contributed by atoms with van der Waals surface area (Å²) in [5.41, 5.74) is 4.36. The zero-order valence-corrected chi connectivity index (χ0v) is 13.2. The lowest BCUT2D eigenvalue weighted by Gasteiger charge is -2.18. The molecule has 0 aromatic heterocycles. The van der Waals surface area contributed by atoms with Gasteiger partial charge in [0.1, 0.15) is 5.75 Å². The van der Waals surface area contributed by atoms with E-state index in [0.29, 0.717) is 18.8 Å². The molecule has 0 N–H and O–H groups in total. The van der Waals surface area contributed by atoms with Crippen molar-refractivity contribution in [3.05, 3.63) is 53.1 Å². The maximum atomic E-state index is 12.2. The highest BCUT2D eigenvalue weighted by Gasteiger charge is 2.19. The van der Waals surface area contributed by atoms with Crippen molar-refractivity contribution < 1.29 is 9.53 Å². The molecular weight excluding hydrogens is 260 g/mol. The number of carbonyl (C=O) groups is 1. The molecule has 0 saturated carbocycles. The molecule has 21 heavy (non-hydrogen) atoms. The van der Waals surface area contributed by atoms with E-state index >= 15 is 0 Å². The second-order valence-electron chi connectivity index (χ2n) is 5.89. The van der Waals surface area contributed by atoms with Crippen LogP contribution in [0.4, 0.5) is 0 Å². The highest BCUT2D eigenvalue weighted by atomic mass is 16.5. The number of hydrogen-bond acceptors (Lipinski definition) is 2. The molecule has 1 aliphatic carbocycles. The Hall–Kier alpha value is -1.83. The molecule has 1 aromatic carbocycles. The number of carbonyl (C=O) groups excluding carboxylic acids is 1. The van der Waals surface area contributed by atoms with Gasteiger partial charge in [0.15, 0.2) is 5.78 Å². The van der Waals surface area contributed by atoms with Gasteiger partial charge in [0.2, 0.25) is 0 Å². The average molecular weight is 284 g/mol. The van der Waals surface area contributed by atoms with Gasteiger partial charge in [-0.05, 0) is 41.5 Å². The fourth-order valence-electron chi connectivity index (χ4n) is 2.90. The first-order valence-corrected chi connectivity index (χ1v) is 7.61. The molecule has 2 nitrogen and oxygen atoms in total. The number of allylic oxidation sites excluding steroid dienone is 3. The lowest BCUT2D eigenvalue weighted by Crippen LogP contribution is -2.13. The molecule has 0 spiro atoms. The van der Waals surface area contributed by atoms with Crippen LogP contribution in [-0.4, -0.2) is 12.9 Å². The molecule has 0 amide bonds. The summed E-state index contributed by atoms with van der Waals surface area (Å²) in [6.07, 6.45) is 5.08. The van der Waals surface area contributed by atoms with Gasteiger partial charge in [0.25, 0.3) is 0 Å². The van der Waals surface area contributed by atoms with E-state index in [1.165, 1.54) is 5.56 Å². The average Bonchev–Trinajstić information content (AvgIpc) is 2.48. The topological polar surface area (TPSA) is 26.3 Å². The van der Waals surface area contributed by atoms with E-state index in [-0.39, 0.29) is 5.78 Å². The van der Waals surface area contributed by atoms with Gasteiger partial charge in [-0.1, -0.05) is 38.6 Å². The molecular formula is C19H24O2. The third-order valence-corrected chi connectivity index (χ3v) is 4.12. The SMILES string of the molecule is C=CC1=C(Cc2ccc(C(C)C)c(OC)c2)C(=O)CCC1. The van der Waals surface area contributed by atoms with Crippen molar-refractivity contribution >= 4 is 5.78 Å². The van der Waals surface area contributed by atoms with Gasteiger partial charge in [-0.2, -0.15) is 0 Å². The molecule has 0 radical (unpaired) electrons. The van der Waals surface area contributed by atoms with Crippen molar-refractivity contribution in [3.8, 4) is 5.75 Å².